The number of hydrogen-bond donors (Lipinski definition) is 0. The summed E-state index contributed by atoms with van der Waals surface area (Å²) in [4.78, 5) is 10.6. The van der Waals surface area contributed by atoms with Gasteiger partial charge in [-0.25, -0.2) is 0 Å². The van der Waals surface area contributed by atoms with E-state index in [-0.39, 0.29) is 17.7 Å². The van der Waals surface area contributed by atoms with E-state index in [1.54, 1.807) is 0 Å². The van der Waals surface area contributed by atoms with Crippen molar-refractivity contribution in [1.29, 1.82) is 0 Å². The smallest absolute Gasteiger partial charge is 0.106 e. The van der Waals surface area contributed by atoms with Crippen LogP contribution in [0.25, 0.3) is 0 Å². The van der Waals surface area contributed by atoms with Crippen LogP contribution in [0.15, 0.2) is 48.8 Å². The van der Waals surface area contributed by atoms with Crippen molar-refractivity contribution in [3.8, 4) is 0 Å². The molecule has 0 bridgehead atoms. The molecular weight excluding hydrogens is 272 g/mol. The zero-order valence-corrected chi connectivity index (χ0v) is 13.8. The second-order valence-electron chi connectivity index (χ2n) is 7.04. The lowest BCUT2D eigenvalue weighted by molar-refractivity contribution is -0.215. The van der Waals surface area contributed by atoms with Crippen molar-refractivity contribution >= 4 is 0 Å². The molecule has 0 unspecified atom stereocenters. The topological polar surface area (TPSA) is 25.4 Å². The summed E-state index contributed by atoms with van der Waals surface area (Å²) in [7, 11) is 0. The third-order valence-electron chi connectivity index (χ3n) is 4.14. The van der Waals surface area contributed by atoms with Crippen LogP contribution in [-0.4, -0.2) is 15.6 Å². The summed E-state index contributed by atoms with van der Waals surface area (Å²) in [5.74, 6) is 0. The van der Waals surface area contributed by atoms with Gasteiger partial charge in [0.15, 0.2) is 0 Å². The molecule has 0 saturated carbocycles. The normalized spacial score (nSPS) is 22.9. The van der Waals surface area contributed by atoms with Crippen LogP contribution in [0.3, 0.4) is 0 Å². The molecule has 0 radical (unpaired) electrons. The van der Waals surface area contributed by atoms with Gasteiger partial charge in [0, 0.05) is 24.4 Å². The fourth-order valence-corrected chi connectivity index (χ4v) is 3.00. The largest absolute Gasteiger partial charge is 0.290 e. The minimum absolute atomic E-state index is 0.0556. The molecule has 2 heterocycles. The number of benzene rings is 1. The number of pyridine rings is 1. The van der Waals surface area contributed by atoms with Gasteiger partial charge in [0.2, 0.25) is 0 Å². The lowest BCUT2D eigenvalue weighted by atomic mass is 9.96. The first kappa shape index (κ1) is 15.2. The standard InChI is InChI=1S/C19H24N2O/c1-14-7-9-15(10-8-14)18-12-17(16-6-5-11-20-13-16)21(22-18)19(2,3)4/h5-11,13,17-18H,12H2,1-4H3/t17-,18+/m0/s1. The molecule has 1 saturated heterocycles. The maximum absolute atomic E-state index is 6.32. The highest BCUT2D eigenvalue weighted by Gasteiger charge is 2.41. The van der Waals surface area contributed by atoms with Gasteiger partial charge in [-0.1, -0.05) is 35.9 Å². The van der Waals surface area contributed by atoms with Crippen molar-refractivity contribution < 1.29 is 4.84 Å². The Kier molecular flexibility index (Phi) is 4.02. The van der Waals surface area contributed by atoms with Gasteiger partial charge < -0.3 is 0 Å². The van der Waals surface area contributed by atoms with E-state index in [2.05, 4.69) is 68.1 Å². The number of hydroxylamine groups is 2. The Balaban J connectivity index is 1.90. The maximum atomic E-state index is 6.32. The predicted octanol–water partition coefficient (Wildman–Crippen LogP) is 4.61. The Morgan fingerprint density at radius 1 is 1.09 bits per heavy atom. The third-order valence-corrected chi connectivity index (χ3v) is 4.14. The van der Waals surface area contributed by atoms with Crippen molar-refractivity contribution in [2.75, 3.05) is 0 Å². The number of nitrogens with zero attached hydrogens (tertiary/aromatic N) is 2. The molecule has 0 amide bonds. The third kappa shape index (κ3) is 3.06. The van der Waals surface area contributed by atoms with Crippen LogP contribution in [0.5, 0.6) is 0 Å². The predicted molar refractivity (Wildman–Crippen MR) is 88.2 cm³/mol. The molecule has 2 atom stereocenters. The van der Waals surface area contributed by atoms with Crippen LogP contribution in [0.4, 0.5) is 0 Å². The van der Waals surface area contributed by atoms with Crippen LogP contribution in [0.1, 0.15) is 56.0 Å². The van der Waals surface area contributed by atoms with Crippen molar-refractivity contribution in [3.63, 3.8) is 0 Å². The van der Waals surface area contributed by atoms with Gasteiger partial charge in [-0.05, 0) is 44.9 Å². The molecule has 1 aromatic heterocycles. The zero-order chi connectivity index (χ0) is 15.7. The lowest BCUT2D eigenvalue weighted by Crippen LogP contribution is -2.39. The summed E-state index contributed by atoms with van der Waals surface area (Å²) in [6, 6.07) is 13.0. The van der Waals surface area contributed by atoms with E-state index >= 15 is 0 Å². The van der Waals surface area contributed by atoms with Crippen molar-refractivity contribution in [1.82, 2.24) is 10.0 Å². The lowest BCUT2D eigenvalue weighted by Gasteiger charge is -2.35. The number of hydrogen-bond acceptors (Lipinski definition) is 3. The Hall–Kier alpha value is -1.71. The minimum Gasteiger partial charge on any atom is -0.290 e. The Bertz CT molecular complexity index is 616. The van der Waals surface area contributed by atoms with Crippen molar-refractivity contribution in [3.05, 3.63) is 65.5 Å². The Morgan fingerprint density at radius 2 is 1.82 bits per heavy atom. The molecule has 1 aromatic carbocycles. The highest BCUT2D eigenvalue weighted by molar-refractivity contribution is 5.25. The van der Waals surface area contributed by atoms with E-state index in [1.807, 2.05) is 18.5 Å². The summed E-state index contributed by atoms with van der Waals surface area (Å²) in [6.07, 6.45) is 4.82. The van der Waals surface area contributed by atoms with Gasteiger partial charge in [0.1, 0.15) is 6.10 Å². The molecule has 0 spiro atoms. The fourth-order valence-electron chi connectivity index (χ4n) is 3.00. The van der Waals surface area contributed by atoms with E-state index in [1.165, 1.54) is 16.7 Å². The molecule has 3 nitrogen and oxygen atoms in total. The highest BCUT2D eigenvalue weighted by atomic mass is 16.7. The minimum atomic E-state index is -0.0556. The Morgan fingerprint density at radius 3 is 2.41 bits per heavy atom. The Labute approximate surface area is 132 Å². The summed E-state index contributed by atoms with van der Waals surface area (Å²) >= 11 is 0. The molecule has 0 N–H and O–H groups in total. The second-order valence-corrected chi connectivity index (χ2v) is 7.04. The summed E-state index contributed by atoms with van der Waals surface area (Å²) in [5.41, 5.74) is 3.68. The molecule has 0 aliphatic carbocycles. The summed E-state index contributed by atoms with van der Waals surface area (Å²) in [5, 5.41) is 2.13. The summed E-state index contributed by atoms with van der Waals surface area (Å²) in [6.45, 7) is 8.68. The monoisotopic (exact) mass is 296 g/mol. The van der Waals surface area contributed by atoms with Gasteiger partial charge >= 0.3 is 0 Å². The van der Waals surface area contributed by atoms with E-state index < -0.39 is 0 Å². The zero-order valence-electron chi connectivity index (χ0n) is 13.8. The van der Waals surface area contributed by atoms with Crippen LogP contribution in [0, 0.1) is 6.92 Å². The molecule has 1 fully saturated rings. The molecule has 22 heavy (non-hydrogen) atoms. The molecule has 3 rings (SSSR count). The van der Waals surface area contributed by atoms with E-state index in [0.29, 0.717) is 0 Å². The average molecular weight is 296 g/mol. The second kappa shape index (κ2) is 5.82. The average Bonchev–Trinajstić information content (AvgIpc) is 2.94. The van der Waals surface area contributed by atoms with E-state index in [9.17, 15) is 0 Å². The molecule has 3 heteroatoms. The molecule has 2 aromatic rings. The van der Waals surface area contributed by atoms with E-state index in [0.717, 1.165) is 6.42 Å². The maximum Gasteiger partial charge on any atom is 0.106 e. The first-order chi connectivity index (χ1) is 10.4. The molecule has 116 valence electrons. The van der Waals surface area contributed by atoms with Crippen molar-refractivity contribution in [2.45, 2.75) is 51.8 Å². The van der Waals surface area contributed by atoms with Crippen LogP contribution >= 0.6 is 0 Å². The number of aromatic nitrogens is 1. The van der Waals surface area contributed by atoms with Crippen LogP contribution in [-0.2, 0) is 4.84 Å². The SMILES string of the molecule is Cc1ccc([C@H]2C[C@@H](c3cccnc3)N(C(C)(C)C)O2)cc1. The molecule has 1 aliphatic rings. The number of rotatable bonds is 2. The van der Waals surface area contributed by atoms with Gasteiger partial charge in [0.05, 0.1) is 6.04 Å². The highest BCUT2D eigenvalue weighted by Crippen LogP contribution is 2.45. The fraction of sp³-hybridized carbons (Fsp3) is 0.421. The number of aryl methyl sites for hydroxylation is 1. The van der Waals surface area contributed by atoms with Crippen LogP contribution in [0.2, 0.25) is 0 Å². The van der Waals surface area contributed by atoms with E-state index in [4.69, 9.17) is 4.84 Å². The van der Waals surface area contributed by atoms with Gasteiger partial charge in [-0.2, -0.15) is 5.06 Å². The van der Waals surface area contributed by atoms with Crippen molar-refractivity contribution in [2.24, 2.45) is 0 Å². The quantitative estimate of drug-likeness (QED) is 0.809. The van der Waals surface area contributed by atoms with Crippen LogP contribution < -0.4 is 0 Å². The first-order valence-electron chi connectivity index (χ1n) is 7.88. The van der Waals surface area contributed by atoms with Gasteiger partial charge in [-0.3, -0.25) is 9.82 Å². The first-order valence-corrected chi connectivity index (χ1v) is 7.88. The van der Waals surface area contributed by atoms with Gasteiger partial charge in [-0.15, -0.1) is 0 Å². The summed E-state index contributed by atoms with van der Waals surface area (Å²) < 4.78 is 0. The van der Waals surface area contributed by atoms with Gasteiger partial charge in [0.25, 0.3) is 0 Å². The molecule has 1 aliphatic heterocycles. The molecular formula is C19H24N2O.